The highest BCUT2D eigenvalue weighted by atomic mass is 35.5. The van der Waals surface area contributed by atoms with Crippen molar-refractivity contribution in [3.8, 4) is 0 Å². The molecular formula is C12H17ClFN. The minimum atomic E-state index is -0.358. The van der Waals surface area contributed by atoms with Gasteiger partial charge in [0.05, 0.1) is 10.7 Å². The molecule has 0 aliphatic rings. The second-order valence-corrected chi connectivity index (χ2v) is 4.28. The van der Waals surface area contributed by atoms with E-state index in [1.807, 2.05) is 0 Å². The molecule has 84 valence electrons. The summed E-state index contributed by atoms with van der Waals surface area (Å²) in [5.41, 5.74) is 0.491. The second kappa shape index (κ2) is 5.96. The SMILES string of the molecule is CCCC(C)CNc1cccc(Cl)c1F. The summed E-state index contributed by atoms with van der Waals surface area (Å²) in [5.74, 6) is 0.191. The lowest BCUT2D eigenvalue weighted by Gasteiger charge is -2.13. The van der Waals surface area contributed by atoms with Gasteiger partial charge in [0.25, 0.3) is 0 Å². The molecule has 3 heteroatoms. The number of anilines is 1. The molecule has 0 aliphatic heterocycles. The van der Waals surface area contributed by atoms with Crippen LogP contribution in [-0.2, 0) is 0 Å². The van der Waals surface area contributed by atoms with Gasteiger partial charge in [0, 0.05) is 6.54 Å². The zero-order valence-electron chi connectivity index (χ0n) is 9.19. The van der Waals surface area contributed by atoms with E-state index in [1.165, 1.54) is 0 Å². The van der Waals surface area contributed by atoms with E-state index in [0.717, 1.165) is 19.4 Å². The van der Waals surface area contributed by atoms with E-state index in [2.05, 4.69) is 19.2 Å². The number of hydrogen-bond acceptors (Lipinski definition) is 1. The van der Waals surface area contributed by atoms with Gasteiger partial charge in [-0.15, -0.1) is 0 Å². The molecule has 0 fully saturated rings. The van der Waals surface area contributed by atoms with E-state index >= 15 is 0 Å². The maximum atomic E-state index is 13.4. The van der Waals surface area contributed by atoms with Gasteiger partial charge in [-0.1, -0.05) is 37.9 Å². The Bertz CT molecular complexity index is 314. The van der Waals surface area contributed by atoms with Crippen LogP contribution in [0.4, 0.5) is 10.1 Å². The molecule has 0 radical (unpaired) electrons. The Morgan fingerprint density at radius 3 is 2.87 bits per heavy atom. The molecule has 0 aromatic heterocycles. The third kappa shape index (κ3) is 3.71. The number of nitrogens with one attached hydrogen (secondary N) is 1. The first-order valence-electron chi connectivity index (χ1n) is 5.33. The fraction of sp³-hybridized carbons (Fsp3) is 0.500. The summed E-state index contributed by atoms with van der Waals surface area (Å²) in [6.07, 6.45) is 2.30. The first-order chi connectivity index (χ1) is 7.15. The van der Waals surface area contributed by atoms with Gasteiger partial charge in [0.2, 0.25) is 0 Å². The van der Waals surface area contributed by atoms with Crippen LogP contribution in [-0.4, -0.2) is 6.54 Å². The first-order valence-corrected chi connectivity index (χ1v) is 5.70. The summed E-state index contributed by atoms with van der Waals surface area (Å²) in [6, 6.07) is 5.01. The lowest BCUT2D eigenvalue weighted by atomic mass is 10.1. The molecule has 0 spiro atoms. The molecule has 0 heterocycles. The number of hydrogen-bond donors (Lipinski definition) is 1. The Kier molecular flexibility index (Phi) is 4.89. The van der Waals surface area contributed by atoms with Crippen LogP contribution in [0.5, 0.6) is 0 Å². The van der Waals surface area contributed by atoms with Crippen LogP contribution in [0.1, 0.15) is 26.7 Å². The van der Waals surface area contributed by atoms with Crippen molar-refractivity contribution in [3.63, 3.8) is 0 Å². The highest BCUT2D eigenvalue weighted by Gasteiger charge is 2.06. The standard InChI is InChI=1S/C12H17ClFN/c1-3-5-9(2)8-15-11-7-4-6-10(13)12(11)14/h4,6-7,9,15H,3,5,8H2,1-2H3. The predicted octanol–water partition coefficient (Wildman–Crippen LogP) is 4.33. The van der Waals surface area contributed by atoms with Gasteiger partial charge in [-0.3, -0.25) is 0 Å². The lowest BCUT2D eigenvalue weighted by molar-refractivity contribution is 0.547. The normalized spacial score (nSPS) is 12.5. The van der Waals surface area contributed by atoms with Crippen molar-refractivity contribution in [1.29, 1.82) is 0 Å². The monoisotopic (exact) mass is 229 g/mol. The fourth-order valence-electron chi connectivity index (χ4n) is 1.52. The molecule has 1 N–H and O–H groups in total. The van der Waals surface area contributed by atoms with Gasteiger partial charge in [-0.25, -0.2) is 4.39 Å². The molecule has 1 nitrogen and oxygen atoms in total. The minimum Gasteiger partial charge on any atom is -0.382 e. The van der Waals surface area contributed by atoms with Crippen LogP contribution in [0, 0.1) is 11.7 Å². The van der Waals surface area contributed by atoms with E-state index in [0.29, 0.717) is 11.6 Å². The Balaban J connectivity index is 2.54. The predicted molar refractivity (Wildman–Crippen MR) is 64.0 cm³/mol. The van der Waals surface area contributed by atoms with Crippen LogP contribution in [0.3, 0.4) is 0 Å². The average Bonchev–Trinajstić information content (AvgIpc) is 2.21. The van der Waals surface area contributed by atoms with Crippen molar-refractivity contribution in [2.24, 2.45) is 5.92 Å². The van der Waals surface area contributed by atoms with Crippen molar-refractivity contribution in [2.75, 3.05) is 11.9 Å². The van der Waals surface area contributed by atoms with E-state index in [-0.39, 0.29) is 10.8 Å². The van der Waals surface area contributed by atoms with Gasteiger partial charge >= 0.3 is 0 Å². The Morgan fingerprint density at radius 2 is 2.20 bits per heavy atom. The topological polar surface area (TPSA) is 12.0 Å². The smallest absolute Gasteiger partial charge is 0.164 e. The summed E-state index contributed by atoms with van der Waals surface area (Å²) in [4.78, 5) is 0. The fourth-order valence-corrected chi connectivity index (χ4v) is 1.69. The van der Waals surface area contributed by atoms with Crippen LogP contribution in [0.25, 0.3) is 0 Å². The first kappa shape index (κ1) is 12.3. The number of benzene rings is 1. The van der Waals surface area contributed by atoms with Crippen molar-refractivity contribution < 1.29 is 4.39 Å². The molecule has 0 amide bonds. The summed E-state index contributed by atoms with van der Waals surface area (Å²) >= 11 is 5.68. The molecule has 0 bridgehead atoms. The molecule has 0 saturated heterocycles. The van der Waals surface area contributed by atoms with Crippen LogP contribution in [0.15, 0.2) is 18.2 Å². The van der Waals surface area contributed by atoms with E-state index in [4.69, 9.17) is 11.6 Å². The zero-order chi connectivity index (χ0) is 11.3. The molecule has 1 rings (SSSR count). The molecule has 1 unspecified atom stereocenters. The van der Waals surface area contributed by atoms with Crippen LogP contribution < -0.4 is 5.32 Å². The van der Waals surface area contributed by atoms with Gasteiger partial charge in [-0.05, 0) is 24.5 Å². The van der Waals surface area contributed by atoms with Gasteiger partial charge in [0.15, 0.2) is 5.82 Å². The second-order valence-electron chi connectivity index (χ2n) is 3.88. The van der Waals surface area contributed by atoms with Crippen molar-refractivity contribution in [1.82, 2.24) is 0 Å². The third-order valence-electron chi connectivity index (χ3n) is 2.37. The lowest BCUT2D eigenvalue weighted by Crippen LogP contribution is -2.11. The molecule has 1 aromatic carbocycles. The number of halogens is 2. The largest absolute Gasteiger partial charge is 0.382 e. The maximum Gasteiger partial charge on any atom is 0.164 e. The average molecular weight is 230 g/mol. The highest BCUT2D eigenvalue weighted by molar-refractivity contribution is 6.31. The number of rotatable bonds is 5. The minimum absolute atomic E-state index is 0.170. The molecule has 0 aliphatic carbocycles. The molecule has 1 aromatic rings. The van der Waals surface area contributed by atoms with Crippen molar-refractivity contribution in [3.05, 3.63) is 29.0 Å². The molecule has 1 atom stereocenters. The molecule has 15 heavy (non-hydrogen) atoms. The van der Waals surface area contributed by atoms with Crippen LogP contribution in [0.2, 0.25) is 5.02 Å². The Morgan fingerprint density at radius 1 is 1.47 bits per heavy atom. The van der Waals surface area contributed by atoms with Crippen LogP contribution >= 0.6 is 11.6 Å². The maximum absolute atomic E-state index is 13.4. The van der Waals surface area contributed by atoms with E-state index in [9.17, 15) is 4.39 Å². The van der Waals surface area contributed by atoms with Crippen molar-refractivity contribution >= 4 is 17.3 Å². The van der Waals surface area contributed by atoms with Gasteiger partial charge in [0.1, 0.15) is 0 Å². The van der Waals surface area contributed by atoms with E-state index in [1.54, 1.807) is 18.2 Å². The Labute approximate surface area is 95.6 Å². The summed E-state index contributed by atoms with van der Waals surface area (Å²) < 4.78 is 13.4. The van der Waals surface area contributed by atoms with Crippen molar-refractivity contribution in [2.45, 2.75) is 26.7 Å². The summed E-state index contributed by atoms with van der Waals surface area (Å²) in [5, 5.41) is 3.25. The van der Waals surface area contributed by atoms with Gasteiger partial charge < -0.3 is 5.32 Å². The Hall–Kier alpha value is -0.760. The zero-order valence-corrected chi connectivity index (χ0v) is 9.94. The van der Waals surface area contributed by atoms with E-state index < -0.39 is 0 Å². The highest BCUT2D eigenvalue weighted by Crippen LogP contribution is 2.22. The van der Waals surface area contributed by atoms with Gasteiger partial charge in [-0.2, -0.15) is 0 Å². The summed E-state index contributed by atoms with van der Waals surface area (Å²) in [7, 11) is 0. The molecule has 0 saturated carbocycles. The summed E-state index contributed by atoms with van der Waals surface area (Å²) in [6.45, 7) is 5.08. The quantitative estimate of drug-likeness (QED) is 0.793. The molecular weight excluding hydrogens is 213 g/mol. The third-order valence-corrected chi connectivity index (χ3v) is 2.67.